The van der Waals surface area contributed by atoms with Crippen LogP contribution in [0.2, 0.25) is 0 Å². The average Bonchev–Trinajstić information content (AvgIpc) is 3.01. The van der Waals surface area contributed by atoms with Crippen LogP contribution in [0.3, 0.4) is 0 Å². The Kier molecular flexibility index (Phi) is 4.78. The maximum atomic E-state index is 11.7. The summed E-state index contributed by atoms with van der Waals surface area (Å²) < 4.78 is 0.997. The molecule has 0 saturated carbocycles. The first kappa shape index (κ1) is 16.1. The van der Waals surface area contributed by atoms with Gasteiger partial charge in [0.1, 0.15) is 6.04 Å². The molecule has 1 aliphatic rings. The molecule has 1 saturated heterocycles. The number of carboxylic acids is 1. The predicted molar refractivity (Wildman–Crippen MR) is 92.3 cm³/mol. The van der Waals surface area contributed by atoms with Crippen molar-refractivity contribution in [3.63, 3.8) is 0 Å². The van der Waals surface area contributed by atoms with E-state index in [-0.39, 0.29) is 6.04 Å². The summed E-state index contributed by atoms with van der Waals surface area (Å²) in [6, 6.07) is 9.50. The summed E-state index contributed by atoms with van der Waals surface area (Å²) in [5.41, 5.74) is 3.28. The Labute approximate surface area is 144 Å². The normalized spacial score (nSPS) is 19.7. The lowest BCUT2D eigenvalue weighted by atomic mass is 9.94. The maximum Gasteiger partial charge on any atom is 0.320 e. The number of hydrogen-bond acceptors (Lipinski definition) is 3. The molecule has 1 aliphatic heterocycles. The fourth-order valence-electron chi connectivity index (χ4n) is 3.38. The van der Waals surface area contributed by atoms with E-state index in [1.807, 2.05) is 37.4 Å². The molecular weight excluding hydrogens is 356 g/mol. The second-order valence-electron chi connectivity index (χ2n) is 5.89. The Balaban J connectivity index is 2.13. The molecule has 0 radical (unpaired) electrons. The number of carboxylic acid groups (broad SMARTS) is 1. The molecule has 0 amide bonds. The van der Waals surface area contributed by atoms with E-state index in [2.05, 4.69) is 31.9 Å². The maximum absolute atomic E-state index is 11.7. The number of carbonyl (C=O) groups is 1. The van der Waals surface area contributed by atoms with E-state index in [0.717, 1.165) is 34.1 Å². The Morgan fingerprint density at radius 2 is 2.13 bits per heavy atom. The highest BCUT2D eigenvalue weighted by molar-refractivity contribution is 9.10. The summed E-state index contributed by atoms with van der Waals surface area (Å²) >= 11 is 3.63. The molecule has 2 atom stereocenters. The Bertz CT molecular complexity index is 674. The van der Waals surface area contributed by atoms with Crippen LogP contribution in [0.5, 0.6) is 0 Å². The third-order valence-corrected chi connectivity index (χ3v) is 5.19. The van der Waals surface area contributed by atoms with E-state index < -0.39 is 12.0 Å². The number of aromatic nitrogens is 1. The zero-order chi connectivity index (χ0) is 16.4. The van der Waals surface area contributed by atoms with E-state index >= 15 is 0 Å². The van der Waals surface area contributed by atoms with Crippen molar-refractivity contribution in [1.29, 1.82) is 0 Å². The second-order valence-corrected chi connectivity index (χ2v) is 6.74. The lowest BCUT2D eigenvalue weighted by Crippen LogP contribution is -2.39. The fourth-order valence-corrected chi connectivity index (χ4v) is 3.88. The third kappa shape index (κ3) is 3.16. The van der Waals surface area contributed by atoms with Gasteiger partial charge in [0, 0.05) is 23.4 Å². The van der Waals surface area contributed by atoms with Gasteiger partial charge in [-0.1, -0.05) is 34.1 Å². The van der Waals surface area contributed by atoms with Crippen LogP contribution in [-0.4, -0.2) is 33.5 Å². The van der Waals surface area contributed by atoms with Gasteiger partial charge in [-0.2, -0.15) is 0 Å². The minimum atomic E-state index is -0.744. The zero-order valence-electron chi connectivity index (χ0n) is 12.9. The zero-order valence-corrected chi connectivity index (χ0v) is 14.5. The second kappa shape index (κ2) is 6.81. The fraction of sp³-hybridized carbons (Fsp3) is 0.333. The number of aliphatic carboxylic acids is 1. The monoisotopic (exact) mass is 374 g/mol. The lowest BCUT2D eigenvalue weighted by molar-refractivity contribution is -0.142. The van der Waals surface area contributed by atoms with E-state index in [1.54, 1.807) is 6.20 Å². The van der Waals surface area contributed by atoms with Crippen LogP contribution >= 0.6 is 15.9 Å². The van der Waals surface area contributed by atoms with Crippen molar-refractivity contribution < 1.29 is 9.90 Å². The predicted octanol–water partition coefficient (Wildman–Crippen LogP) is 3.79. The van der Waals surface area contributed by atoms with Gasteiger partial charge in [0.2, 0.25) is 0 Å². The van der Waals surface area contributed by atoms with Crippen LogP contribution in [0.1, 0.15) is 35.6 Å². The van der Waals surface area contributed by atoms with Crippen LogP contribution in [0.4, 0.5) is 0 Å². The summed E-state index contributed by atoms with van der Waals surface area (Å²) in [5.74, 6) is -0.744. The van der Waals surface area contributed by atoms with Gasteiger partial charge < -0.3 is 5.11 Å². The number of halogens is 1. The number of likely N-dealkylation sites (tertiary alicyclic amines) is 1. The molecule has 0 spiro atoms. The minimum absolute atomic E-state index is 0.0859. The molecule has 23 heavy (non-hydrogen) atoms. The van der Waals surface area contributed by atoms with Crippen LogP contribution in [0, 0.1) is 6.92 Å². The van der Waals surface area contributed by atoms with Gasteiger partial charge >= 0.3 is 5.97 Å². The van der Waals surface area contributed by atoms with Crippen molar-refractivity contribution >= 4 is 21.9 Å². The van der Waals surface area contributed by atoms with Gasteiger partial charge in [0.25, 0.3) is 0 Å². The third-order valence-electron chi connectivity index (χ3n) is 4.47. The van der Waals surface area contributed by atoms with Gasteiger partial charge in [-0.3, -0.25) is 14.7 Å². The van der Waals surface area contributed by atoms with Crippen molar-refractivity contribution in [3.8, 4) is 0 Å². The van der Waals surface area contributed by atoms with E-state index in [1.165, 1.54) is 0 Å². The number of pyridine rings is 1. The van der Waals surface area contributed by atoms with Gasteiger partial charge in [-0.25, -0.2) is 0 Å². The molecule has 3 rings (SSSR count). The van der Waals surface area contributed by atoms with Crippen molar-refractivity contribution in [2.24, 2.45) is 0 Å². The Morgan fingerprint density at radius 1 is 1.35 bits per heavy atom. The standard InChI is InChI=1S/C18H19BrN2O2/c1-12-11-20-9-8-13(12)17(14-5-2-3-6-15(14)19)21-10-4-7-16(21)18(22)23/h2-3,5-6,8-9,11,16-17H,4,7,10H2,1H3,(H,22,23). The summed E-state index contributed by atoms with van der Waals surface area (Å²) in [7, 11) is 0. The van der Waals surface area contributed by atoms with Crippen molar-refractivity contribution in [2.75, 3.05) is 6.54 Å². The molecule has 2 unspecified atom stereocenters. The minimum Gasteiger partial charge on any atom is -0.480 e. The summed E-state index contributed by atoms with van der Waals surface area (Å²) in [6.45, 7) is 2.81. The highest BCUT2D eigenvalue weighted by Crippen LogP contribution is 2.38. The summed E-state index contributed by atoms with van der Waals surface area (Å²) in [6.07, 6.45) is 5.21. The molecule has 2 heterocycles. The summed E-state index contributed by atoms with van der Waals surface area (Å²) in [4.78, 5) is 18.0. The molecule has 1 fully saturated rings. The van der Waals surface area contributed by atoms with Crippen LogP contribution in [-0.2, 0) is 4.79 Å². The number of nitrogens with zero attached hydrogens (tertiary/aromatic N) is 2. The van der Waals surface area contributed by atoms with Crippen LogP contribution in [0.25, 0.3) is 0 Å². The molecule has 1 aromatic carbocycles. The summed E-state index contributed by atoms with van der Waals surface area (Å²) in [5, 5.41) is 9.60. The highest BCUT2D eigenvalue weighted by atomic mass is 79.9. The Morgan fingerprint density at radius 3 is 2.83 bits per heavy atom. The SMILES string of the molecule is Cc1cnccc1C(c1ccccc1Br)N1CCCC1C(=O)O. The molecule has 1 aromatic heterocycles. The number of benzene rings is 1. The molecule has 0 bridgehead atoms. The van der Waals surface area contributed by atoms with Crippen LogP contribution in [0.15, 0.2) is 47.2 Å². The van der Waals surface area contributed by atoms with Crippen molar-refractivity contribution in [2.45, 2.75) is 31.8 Å². The highest BCUT2D eigenvalue weighted by Gasteiger charge is 2.37. The molecular formula is C18H19BrN2O2. The van der Waals surface area contributed by atoms with Gasteiger partial charge in [0.15, 0.2) is 0 Å². The first-order chi connectivity index (χ1) is 11.1. The molecule has 0 aliphatic carbocycles. The van der Waals surface area contributed by atoms with Crippen molar-refractivity contribution in [1.82, 2.24) is 9.88 Å². The largest absolute Gasteiger partial charge is 0.480 e. The van der Waals surface area contributed by atoms with Gasteiger partial charge in [0.05, 0.1) is 6.04 Å². The molecule has 2 aromatic rings. The van der Waals surface area contributed by atoms with Crippen LogP contribution < -0.4 is 0 Å². The van der Waals surface area contributed by atoms with E-state index in [9.17, 15) is 9.90 Å². The van der Waals surface area contributed by atoms with Gasteiger partial charge in [-0.15, -0.1) is 0 Å². The smallest absolute Gasteiger partial charge is 0.320 e. The molecule has 4 nitrogen and oxygen atoms in total. The number of rotatable bonds is 4. The number of hydrogen-bond donors (Lipinski definition) is 1. The van der Waals surface area contributed by atoms with E-state index in [4.69, 9.17) is 0 Å². The van der Waals surface area contributed by atoms with E-state index in [0.29, 0.717) is 6.42 Å². The van der Waals surface area contributed by atoms with Gasteiger partial charge in [-0.05, 0) is 48.6 Å². The van der Waals surface area contributed by atoms with Crippen molar-refractivity contribution in [3.05, 3.63) is 63.9 Å². The first-order valence-electron chi connectivity index (χ1n) is 7.73. The molecule has 1 N–H and O–H groups in total. The topological polar surface area (TPSA) is 53.4 Å². The quantitative estimate of drug-likeness (QED) is 0.884. The first-order valence-corrected chi connectivity index (χ1v) is 8.52. The number of aryl methyl sites for hydroxylation is 1. The average molecular weight is 375 g/mol. The molecule has 120 valence electrons. The molecule has 5 heteroatoms. The Hall–Kier alpha value is -1.72. The lowest BCUT2D eigenvalue weighted by Gasteiger charge is -2.33.